The molecule has 2 aromatic rings. The number of imide groups is 2. The zero-order valence-corrected chi connectivity index (χ0v) is 15.8. The van der Waals surface area contributed by atoms with Gasteiger partial charge in [-0.2, -0.15) is 0 Å². The van der Waals surface area contributed by atoms with Gasteiger partial charge in [0.25, 0.3) is 11.8 Å². The highest BCUT2D eigenvalue weighted by Crippen LogP contribution is 2.26. The van der Waals surface area contributed by atoms with Crippen molar-refractivity contribution in [3.63, 3.8) is 0 Å². The average molecular weight is 392 g/mol. The summed E-state index contributed by atoms with van der Waals surface area (Å²) in [6, 6.07) is 10.3. The fourth-order valence-electron chi connectivity index (χ4n) is 2.93. The molecule has 1 aliphatic rings. The third-order valence-corrected chi connectivity index (χ3v) is 4.29. The van der Waals surface area contributed by atoms with Gasteiger partial charge in [0.2, 0.25) is 0 Å². The number of aromatic hydroxyl groups is 1. The van der Waals surface area contributed by atoms with E-state index in [1.54, 1.807) is 42.5 Å². The highest BCUT2D eigenvalue weighted by Gasteiger charge is 2.36. The van der Waals surface area contributed by atoms with E-state index in [4.69, 9.17) is 4.74 Å². The fourth-order valence-corrected chi connectivity index (χ4v) is 2.93. The summed E-state index contributed by atoms with van der Waals surface area (Å²) in [5.74, 6) is -0.814. The fraction of sp³-hybridized carbons (Fsp3) is 0.136. The number of urea groups is 1. The third-order valence-electron chi connectivity index (χ3n) is 4.29. The molecule has 29 heavy (non-hydrogen) atoms. The lowest BCUT2D eigenvalue weighted by molar-refractivity contribution is -0.122. The number of allylic oxidation sites excluding steroid dienone is 1. The van der Waals surface area contributed by atoms with Crippen LogP contribution in [0.4, 0.5) is 10.5 Å². The first-order chi connectivity index (χ1) is 13.9. The van der Waals surface area contributed by atoms with E-state index in [-0.39, 0.29) is 11.3 Å². The molecule has 0 spiro atoms. The minimum atomic E-state index is -0.820. The molecule has 0 aromatic heterocycles. The molecular weight excluding hydrogens is 372 g/mol. The maximum atomic E-state index is 12.9. The predicted molar refractivity (Wildman–Crippen MR) is 109 cm³/mol. The number of nitrogens with one attached hydrogen (secondary N) is 1. The van der Waals surface area contributed by atoms with E-state index in [1.807, 2.05) is 6.92 Å². The zero-order valence-electron chi connectivity index (χ0n) is 15.8. The van der Waals surface area contributed by atoms with Crippen LogP contribution >= 0.6 is 0 Å². The summed E-state index contributed by atoms with van der Waals surface area (Å²) in [6.45, 7) is 5.98. The van der Waals surface area contributed by atoms with Crippen molar-refractivity contribution >= 4 is 29.6 Å². The highest BCUT2D eigenvalue weighted by atomic mass is 16.5. The number of carbonyl (C=O) groups excluding carboxylic acids is 3. The number of phenols is 1. The number of phenolic OH excluding ortho intramolecular Hbond substituents is 1. The van der Waals surface area contributed by atoms with Gasteiger partial charge in [0.1, 0.15) is 17.1 Å². The molecule has 2 N–H and O–H groups in total. The zero-order chi connectivity index (χ0) is 21.0. The summed E-state index contributed by atoms with van der Waals surface area (Å²) in [6.07, 6.45) is 3.45. The number of hydrogen-bond donors (Lipinski definition) is 2. The molecule has 1 heterocycles. The number of barbiturate groups is 1. The smallest absolute Gasteiger partial charge is 0.335 e. The quantitative estimate of drug-likeness (QED) is 0.447. The molecule has 7 nitrogen and oxygen atoms in total. The van der Waals surface area contributed by atoms with Gasteiger partial charge in [-0.25, -0.2) is 9.69 Å². The van der Waals surface area contributed by atoms with Crippen LogP contribution in [0.5, 0.6) is 11.5 Å². The molecule has 0 unspecified atom stereocenters. The van der Waals surface area contributed by atoms with E-state index in [1.165, 1.54) is 12.1 Å². The first kappa shape index (κ1) is 19.9. The Balaban J connectivity index is 1.95. The van der Waals surface area contributed by atoms with Crippen molar-refractivity contribution in [1.29, 1.82) is 0 Å². The molecule has 2 aromatic carbocycles. The summed E-state index contributed by atoms with van der Waals surface area (Å²) in [5, 5.41) is 12.1. The molecule has 1 saturated heterocycles. The Morgan fingerprint density at radius 1 is 1.14 bits per heavy atom. The number of ether oxygens (including phenoxy) is 1. The summed E-state index contributed by atoms with van der Waals surface area (Å²) in [4.78, 5) is 38.4. The van der Waals surface area contributed by atoms with Gasteiger partial charge in [0.05, 0.1) is 12.3 Å². The highest BCUT2D eigenvalue weighted by molar-refractivity contribution is 6.39. The van der Waals surface area contributed by atoms with Crippen molar-refractivity contribution in [1.82, 2.24) is 5.32 Å². The second-order valence-corrected chi connectivity index (χ2v) is 6.27. The van der Waals surface area contributed by atoms with Crippen molar-refractivity contribution in [3.05, 3.63) is 71.8 Å². The van der Waals surface area contributed by atoms with Crippen LogP contribution in [0.1, 0.15) is 18.1 Å². The molecular formula is C22H20N2O5. The molecule has 1 aliphatic heterocycles. The van der Waals surface area contributed by atoms with E-state index in [9.17, 15) is 19.5 Å². The van der Waals surface area contributed by atoms with Gasteiger partial charge >= 0.3 is 6.03 Å². The lowest BCUT2D eigenvalue weighted by Gasteiger charge is -2.26. The van der Waals surface area contributed by atoms with Gasteiger partial charge < -0.3 is 9.84 Å². The number of rotatable bonds is 6. The van der Waals surface area contributed by atoms with Crippen LogP contribution in [0.2, 0.25) is 0 Å². The SMILES string of the molecule is C=CCc1cc(/C=C2\C(=O)NC(=O)N(c3ccc(OCC)cc3)C2=O)ccc1O. The molecule has 0 atom stereocenters. The van der Waals surface area contributed by atoms with Gasteiger partial charge in [-0.3, -0.25) is 14.9 Å². The molecule has 0 aliphatic carbocycles. The predicted octanol–water partition coefficient (Wildman–Crippen LogP) is 3.19. The van der Waals surface area contributed by atoms with Crippen LogP contribution in [0.3, 0.4) is 0 Å². The molecule has 148 valence electrons. The second-order valence-electron chi connectivity index (χ2n) is 6.27. The number of amides is 4. The molecule has 1 fully saturated rings. The molecule has 0 saturated carbocycles. The van der Waals surface area contributed by atoms with Crippen LogP contribution in [-0.4, -0.2) is 29.6 Å². The molecule has 4 amide bonds. The Morgan fingerprint density at radius 2 is 1.86 bits per heavy atom. The Bertz CT molecular complexity index is 1010. The van der Waals surface area contributed by atoms with E-state index >= 15 is 0 Å². The van der Waals surface area contributed by atoms with Crippen LogP contribution in [0.25, 0.3) is 6.08 Å². The van der Waals surface area contributed by atoms with E-state index < -0.39 is 17.8 Å². The lowest BCUT2D eigenvalue weighted by atomic mass is 10.0. The van der Waals surface area contributed by atoms with Gasteiger partial charge in [0.15, 0.2) is 0 Å². The van der Waals surface area contributed by atoms with Crippen molar-refractivity contribution in [2.75, 3.05) is 11.5 Å². The Hall–Kier alpha value is -3.87. The van der Waals surface area contributed by atoms with Gasteiger partial charge in [-0.1, -0.05) is 12.1 Å². The molecule has 0 radical (unpaired) electrons. The number of nitrogens with zero attached hydrogens (tertiary/aromatic N) is 1. The van der Waals surface area contributed by atoms with Crippen LogP contribution in [0.15, 0.2) is 60.7 Å². The van der Waals surface area contributed by atoms with Crippen LogP contribution in [0, 0.1) is 0 Å². The summed E-state index contributed by atoms with van der Waals surface area (Å²) < 4.78 is 5.36. The topological polar surface area (TPSA) is 95.9 Å². The summed E-state index contributed by atoms with van der Waals surface area (Å²) in [7, 11) is 0. The van der Waals surface area contributed by atoms with Crippen molar-refractivity contribution in [2.24, 2.45) is 0 Å². The minimum Gasteiger partial charge on any atom is -0.508 e. The maximum Gasteiger partial charge on any atom is 0.335 e. The van der Waals surface area contributed by atoms with E-state index in [2.05, 4.69) is 11.9 Å². The molecule has 7 heteroatoms. The van der Waals surface area contributed by atoms with Gasteiger partial charge in [-0.05, 0) is 66.9 Å². The molecule has 0 bridgehead atoms. The van der Waals surface area contributed by atoms with Crippen LogP contribution < -0.4 is 15.0 Å². The van der Waals surface area contributed by atoms with E-state index in [0.29, 0.717) is 35.6 Å². The normalized spacial score (nSPS) is 15.4. The van der Waals surface area contributed by atoms with Crippen molar-refractivity contribution in [2.45, 2.75) is 13.3 Å². The van der Waals surface area contributed by atoms with Crippen LogP contribution in [-0.2, 0) is 16.0 Å². The second kappa shape index (κ2) is 8.43. The molecule has 3 rings (SSSR count). The number of benzene rings is 2. The summed E-state index contributed by atoms with van der Waals surface area (Å²) in [5.41, 5.74) is 1.28. The average Bonchev–Trinajstić information content (AvgIpc) is 2.69. The van der Waals surface area contributed by atoms with Crippen molar-refractivity contribution < 1.29 is 24.2 Å². The maximum absolute atomic E-state index is 12.9. The minimum absolute atomic E-state index is 0.0951. The first-order valence-electron chi connectivity index (χ1n) is 9.01. The Kier molecular flexibility index (Phi) is 5.78. The largest absolute Gasteiger partial charge is 0.508 e. The van der Waals surface area contributed by atoms with E-state index in [0.717, 1.165) is 4.90 Å². The number of hydrogen-bond acceptors (Lipinski definition) is 5. The Labute approximate surface area is 167 Å². The number of carbonyl (C=O) groups is 3. The van der Waals surface area contributed by atoms with Crippen molar-refractivity contribution in [3.8, 4) is 11.5 Å². The summed E-state index contributed by atoms with van der Waals surface area (Å²) >= 11 is 0. The monoisotopic (exact) mass is 392 g/mol. The first-order valence-corrected chi connectivity index (χ1v) is 9.01. The van der Waals surface area contributed by atoms with Gasteiger partial charge in [0, 0.05) is 0 Å². The number of anilines is 1. The standard InChI is InChI=1S/C22H20N2O5/c1-3-5-15-12-14(6-11-19(15)25)13-18-20(26)23-22(28)24(21(18)27)16-7-9-17(10-8-16)29-4-2/h3,6-13,25H,1,4-5H2,2H3,(H,23,26,28)/b18-13+. The Morgan fingerprint density at radius 3 is 2.52 bits per heavy atom. The van der Waals surface area contributed by atoms with Gasteiger partial charge in [-0.15, -0.1) is 6.58 Å². The third kappa shape index (κ3) is 4.19. The lowest BCUT2D eigenvalue weighted by Crippen LogP contribution is -2.54.